The number of benzene rings is 1. The van der Waals surface area contributed by atoms with E-state index in [-0.39, 0.29) is 17.9 Å². The first kappa shape index (κ1) is 12.9. The molecule has 1 fully saturated rings. The van der Waals surface area contributed by atoms with Gasteiger partial charge in [-0.2, -0.15) is 13.9 Å². The molecule has 1 aliphatic rings. The first-order chi connectivity index (χ1) is 9.06. The van der Waals surface area contributed by atoms with E-state index in [2.05, 4.69) is 9.84 Å². The summed E-state index contributed by atoms with van der Waals surface area (Å²) in [5.41, 5.74) is 0.273. The van der Waals surface area contributed by atoms with E-state index in [9.17, 15) is 18.4 Å². The second-order valence-corrected chi connectivity index (χ2v) is 3.57. The number of rotatable bonds is 4. The van der Waals surface area contributed by atoms with E-state index < -0.39 is 18.5 Å². The Morgan fingerprint density at radius 3 is 2.74 bits per heavy atom. The molecule has 2 rings (SSSR count). The number of nitrogens with zero attached hydrogens (tertiary/aromatic N) is 2. The molecule has 0 spiro atoms. The summed E-state index contributed by atoms with van der Waals surface area (Å²) in [5.74, 6) is -0.536. The van der Waals surface area contributed by atoms with Gasteiger partial charge in [-0.25, -0.2) is 9.80 Å². The van der Waals surface area contributed by atoms with Crippen molar-refractivity contribution < 1.29 is 23.1 Å². The van der Waals surface area contributed by atoms with Gasteiger partial charge in [-0.05, 0) is 12.1 Å². The molecule has 19 heavy (non-hydrogen) atoms. The van der Waals surface area contributed by atoms with Crippen LogP contribution in [0.2, 0.25) is 0 Å². The number of alkyl halides is 2. The molecule has 0 aromatic heterocycles. The third kappa shape index (κ3) is 3.24. The molecule has 6 nitrogen and oxygen atoms in total. The van der Waals surface area contributed by atoms with E-state index in [0.29, 0.717) is 0 Å². The fourth-order valence-electron chi connectivity index (χ4n) is 1.45. The Hall–Kier alpha value is -2.51. The van der Waals surface area contributed by atoms with Gasteiger partial charge in [0.05, 0.1) is 6.21 Å². The van der Waals surface area contributed by atoms with Crippen LogP contribution in [0.5, 0.6) is 5.75 Å². The minimum Gasteiger partial charge on any atom is -0.434 e. The second-order valence-electron chi connectivity index (χ2n) is 3.57. The smallest absolute Gasteiger partial charge is 0.387 e. The molecule has 0 saturated carbocycles. The molecule has 1 heterocycles. The number of carbonyl (C=O) groups is 2. The summed E-state index contributed by atoms with van der Waals surface area (Å²) < 4.78 is 28.6. The highest BCUT2D eigenvalue weighted by molar-refractivity contribution is 6.02. The van der Waals surface area contributed by atoms with Crippen molar-refractivity contribution in [2.45, 2.75) is 6.61 Å². The molecular formula is C11H9F2N3O3. The second kappa shape index (κ2) is 5.42. The van der Waals surface area contributed by atoms with E-state index in [0.717, 1.165) is 5.01 Å². The summed E-state index contributed by atoms with van der Waals surface area (Å²) in [6, 6.07) is 5.32. The van der Waals surface area contributed by atoms with E-state index in [1.165, 1.54) is 24.4 Å². The fourth-order valence-corrected chi connectivity index (χ4v) is 1.45. The van der Waals surface area contributed by atoms with E-state index in [4.69, 9.17) is 0 Å². The third-order valence-corrected chi connectivity index (χ3v) is 2.25. The lowest BCUT2D eigenvalue weighted by atomic mass is 10.2. The predicted molar refractivity (Wildman–Crippen MR) is 60.9 cm³/mol. The monoisotopic (exact) mass is 269 g/mol. The van der Waals surface area contributed by atoms with Crippen molar-refractivity contribution in [2.24, 2.45) is 5.10 Å². The standard InChI is InChI=1S/C11H9F2N3O3/c12-10(13)19-8-4-2-1-3-7(8)5-14-16-6-9(17)15-11(16)18/h1-5,10H,6H2,(H,15,17,18)/b14-5-. The molecule has 1 aromatic carbocycles. The number of hydrogen-bond donors (Lipinski definition) is 1. The number of hydrogen-bond acceptors (Lipinski definition) is 4. The van der Waals surface area contributed by atoms with Crippen LogP contribution in [0, 0.1) is 0 Å². The molecular weight excluding hydrogens is 260 g/mol. The summed E-state index contributed by atoms with van der Waals surface area (Å²) in [7, 11) is 0. The van der Waals surface area contributed by atoms with Gasteiger partial charge in [0, 0.05) is 5.56 Å². The van der Waals surface area contributed by atoms with Crippen LogP contribution in [-0.2, 0) is 4.79 Å². The Balaban J connectivity index is 2.14. The molecule has 8 heteroatoms. The molecule has 0 bridgehead atoms. The molecule has 1 aliphatic heterocycles. The molecule has 1 aromatic rings. The molecule has 1 N–H and O–H groups in total. The first-order valence-electron chi connectivity index (χ1n) is 5.25. The van der Waals surface area contributed by atoms with Crippen LogP contribution in [0.1, 0.15) is 5.56 Å². The van der Waals surface area contributed by atoms with Crippen molar-refractivity contribution >= 4 is 18.2 Å². The van der Waals surface area contributed by atoms with Crippen LogP contribution in [0.15, 0.2) is 29.4 Å². The third-order valence-electron chi connectivity index (χ3n) is 2.25. The summed E-state index contributed by atoms with van der Waals surface area (Å²) >= 11 is 0. The maximum Gasteiger partial charge on any atom is 0.387 e. The number of amides is 3. The van der Waals surface area contributed by atoms with Crippen LogP contribution >= 0.6 is 0 Å². The number of para-hydroxylation sites is 1. The number of urea groups is 1. The zero-order chi connectivity index (χ0) is 13.8. The minimum absolute atomic E-state index is 0.0628. The molecule has 0 atom stereocenters. The average Bonchev–Trinajstić information content (AvgIpc) is 2.66. The Bertz CT molecular complexity index is 534. The van der Waals surface area contributed by atoms with E-state index in [1.807, 2.05) is 5.32 Å². The quantitative estimate of drug-likeness (QED) is 0.659. The number of halogens is 2. The van der Waals surface area contributed by atoms with Gasteiger partial charge in [0.1, 0.15) is 12.3 Å². The number of ether oxygens (including phenoxy) is 1. The van der Waals surface area contributed by atoms with Gasteiger partial charge in [0.25, 0.3) is 0 Å². The predicted octanol–water partition coefficient (Wildman–Crippen LogP) is 1.17. The zero-order valence-electron chi connectivity index (χ0n) is 9.55. The Labute approximate surface area is 106 Å². The summed E-state index contributed by atoms with van der Waals surface area (Å²) in [5, 5.41) is 6.67. The lowest BCUT2D eigenvalue weighted by Crippen LogP contribution is -2.24. The van der Waals surface area contributed by atoms with Crippen molar-refractivity contribution in [3.05, 3.63) is 29.8 Å². The molecule has 0 unspecified atom stereocenters. The average molecular weight is 269 g/mol. The number of hydrazone groups is 1. The van der Waals surface area contributed by atoms with Gasteiger partial charge in [-0.1, -0.05) is 12.1 Å². The van der Waals surface area contributed by atoms with Crippen molar-refractivity contribution in [1.29, 1.82) is 0 Å². The van der Waals surface area contributed by atoms with Crippen molar-refractivity contribution in [1.82, 2.24) is 10.3 Å². The van der Waals surface area contributed by atoms with E-state index in [1.54, 1.807) is 6.07 Å². The Kier molecular flexibility index (Phi) is 3.69. The van der Waals surface area contributed by atoms with Gasteiger partial charge in [-0.15, -0.1) is 0 Å². The zero-order valence-corrected chi connectivity index (χ0v) is 9.55. The van der Waals surface area contributed by atoms with Crippen molar-refractivity contribution in [2.75, 3.05) is 6.54 Å². The van der Waals surface area contributed by atoms with Gasteiger partial charge < -0.3 is 4.74 Å². The summed E-state index contributed by atoms with van der Waals surface area (Å²) in [6.45, 7) is -3.15. The van der Waals surface area contributed by atoms with Crippen molar-refractivity contribution in [3.63, 3.8) is 0 Å². The van der Waals surface area contributed by atoms with Crippen LogP contribution in [-0.4, -0.2) is 36.3 Å². The lowest BCUT2D eigenvalue weighted by molar-refractivity contribution is -0.118. The highest BCUT2D eigenvalue weighted by Crippen LogP contribution is 2.18. The lowest BCUT2D eigenvalue weighted by Gasteiger charge is -2.08. The highest BCUT2D eigenvalue weighted by Gasteiger charge is 2.26. The topological polar surface area (TPSA) is 71.0 Å². The molecule has 3 amide bonds. The Morgan fingerprint density at radius 2 is 2.11 bits per heavy atom. The minimum atomic E-state index is -2.95. The largest absolute Gasteiger partial charge is 0.434 e. The first-order valence-corrected chi connectivity index (χ1v) is 5.25. The Morgan fingerprint density at radius 1 is 1.37 bits per heavy atom. The molecule has 1 saturated heterocycles. The maximum absolute atomic E-state index is 12.2. The summed E-state index contributed by atoms with van der Waals surface area (Å²) in [4.78, 5) is 22.1. The van der Waals surface area contributed by atoms with Crippen molar-refractivity contribution in [3.8, 4) is 5.75 Å². The normalized spacial score (nSPS) is 15.4. The van der Waals surface area contributed by atoms with Gasteiger partial charge in [-0.3, -0.25) is 10.1 Å². The molecule has 0 aliphatic carbocycles. The number of nitrogens with one attached hydrogen (secondary N) is 1. The fraction of sp³-hybridized carbons (Fsp3) is 0.182. The molecule has 0 radical (unpaired) electrons. The highest BCUT2D eigenvalue weighted by atomic mass is 19.3. The summed E-state index contributed by atoms with van der Waals surface area (Å²) in [6.07, 6.45) is 1.18. The van der Waals surface area contributed by atoms with Crippen LogP contribution in [0.4, 0.5) is 13.6 Å². The van der Waals surface area contributed by atoms with Gasteiger partial charge in [0.15, 0.2) is 0 Å². The van der Waals surface area contributed by atoms with E-state index >= 15 is 0 Å². The van der Waals surface area contributed by atoms with Gasteiger partial charge >= 0.3 is 12.6 Å². The van der Waals surface area contributed by atoms with Crippen LogP contribution in [0.25, 0.3) is 0 Å². The maximum atomic E-state index is 12.2. The number of carbonyl (C=O) groups excluding carboxylic acids is 2. The SMILES string of the molecule is O=C1CN(/N=C\c2ccccc2OC(F)F)C(=O)N1. The van der Waals surface area contributed by atoms with Gasteiger partial charge in [0.2, 0.25) is 5.91 Å². The molecule has 100 valence electrons. The van der Waals surface area contributed by atoms with Crippen LogP contribution < -0.4 is 10.1 Å². The van der Waals surface area contributed by atoms with Crippen LogP contribution in [0.3, 0.4) is 0 Å². The number of imide groups is 1.